The number of ether oxygens (including phenoxy) is 3. The Bertz CT molecular complexity index is 437. The Morgan fingerprint density at radius 3 is 2.84 bits per heavy atom. The zero-order valence-corrected chi connectivity index (χ0v) is 11.7. The molecular formula is C13H21N3O3. The Balaban J connectivity index is 2.88. The highest BCUT2D eigenvalue weighted by atomic mass is 16.5. The number of aromatic nitrogens is 1. The zero-order chi connectivity index (χ0) is 14.3. The number of methoxy groups -OCH3 is 1. The van der Waals surface area contributed by atoms with Gasteiger partial charge in [0.05, 0.1) is 25.4 Å². The maximum atomic E-state index is 9.10. The van der Waals surface area contributed by atoms with E-state index >= 15 is 0 Å². The van der Waals surface area contributed by atoms with Gasteiger partial charge in [-0.15, -0.1) is 0 Å². The van der Waals surface area contributed by atoms with Crippen molar-refractivity contribution in [1.29, 1.82) is 5.26 Å². The topological polar surface area (TPSA) is 82.4 Å². The molecule has 1 aromatic rings. The molecule has 0 bridgehead atoms. The molecule has 0 amide bonds. The van der Waals surface area contributed by atoms with Crippen molar-refractivity contribution >= 4 is 5.69 Å². The van der Waals surface area contributed by atoms with Crippen LogP contribution in [-0.4, -0.2) is 37.6 Å². The molecule has 0 fully saturated rings. The number of hydrogen-bond acceptors (Lipinski definition) is 5. The van der Waals surface area contributed by atoms with E-state index in [0.29, 0.717) is 43.6 Å². The van der Waals surface area contributed by atoms with Crippen molar-refractivity contribution in [1.82, 2.24) is 4.57 Å². The Kier molecular flexibility index (Phi) is 6.19. The first-order chi connectivity index (χ1) is 9.13. The Morgan fingerprint density at radius 1 is 1.53 bits per heavy atom. The Labute approximate surface area is 113 Å². The van der Waals surface area contributed by atoms with Crippen LogP contribution < -0.4 is 10.5 Å². The lowest BCUT2D eigenvalue weighted by Gasteiger charge is -2.17. The molecule has 0 aromatic carbocycles. The normalized spacial score (nSPS) is 12.1. The molecule has 0 aliphatic heterocycles. The van der Waals surface area contributed by atoms with Crippen molar-refractivity contribution in [2.45, 2.75) is 26.5 Å². The van der Waals surface area contributed by atoms with Gasteiger partial charge in [-0.3, -0.25) is 4.57 Å². The molecule has 0 saturated carbocycles. The molecule has 1 aromatic heterocycles. The van der Waals surface area contributed by atoms with Crippen LogP contribution in [0.5, 0.6) is 5.88 Å². The van der Waals surface area contributed by atoms with Crippen LogP contribution in [0.2, 0.25) is 0 Å². The third-order valence-corrected chi connectivity index (χ3v) is 2.57. The molecule has 1 atom stereocenters. The second kappa shape index (κ2) is 7.67. The van der Waals surface area contributed by atoms with Crippen molar-refractivity contribution in [3.05, 3.63) is 11.8 Å². The highest BCUT2D eigenvalue weighted by molar-refractivity contribution is 5.55. The van der Waals surface area contributed by atoms with Gasteiger partial charge in [0.1, 0.15) is 17.9 Å². The molecule has 19 heavy (non-hydrogen) atoms. The first-order valence-electron chi connectivity index (χ1n) is 6.26. The summed E-state index contributed by atoms with van der Waals surface area (Å²) in [6, 6.07) is 3.72. The van der Waals surface area contributed by atoms with Crippen molar-refractivity contribution in [3.8, 4) is 11.9 Å². The van der Waals surface area contributed by atoms with Crippen LogP contribution in [0.25, 0.3) is 0 Å². The lowest BCUT2D eigenvalue weighted by molar-refractivity contribution is 0.0834. The first kappa shape index (κ1) is 15.3. The molecule has 0 spiro atoms. The van der Waals surface area contributed by atoms with Crippen molar-refractivity contribution < 1.29 is 14.2 Å². The van der Waals surface area contributed by atoms with E-state index in [4.69, 9.17) is 25.2 Å². The minimum atomic E-state index is -0.139. The quantitative estimate of drug-likeness (QED) is 0.720. The molecule has 0 unspecified atom stereocenters. The van der Waals surface area contributed by atoms with Crippen LogP contribution in [0.4, 0.5) is 5.69 Å². The van der Waals surface area contributed by atoms with E-state index in [2.05, 4.69) is 6.07 Å². The second-order valence-corrected chi connectivity index (χ2v) is 4.13. The summed E-state index contributed by atoms with van der Waals surface area (Å²) in [6.07, 6.45) is -0.139. The molecule has 1 heterocycles. The maximum Gasteiger partial charge on any atom is 0.218 e. The van der Waals surface area contributed by atoms with Gasteiger partial charge < -0.3 is 19.9 Å². The summed E-state index contributed by atoms with van der Waals surface area (Å²) in [7, 11) is 1.61. The average Bonchev–Trinajstić information content (AvgIpc) is 2.67. The van der Waals surface area contributed by atoms with Crippen LogP contribution >= 0.6 is 0 Å². The van der Waals surface area contributed by atoms with Crippen LogP contribution in [-0.2, 0) is 16.0 Å². The van der Waals surface area contributed by atoms with E-state index in [1.165, 1.54) is 0 Å². The van der Waals surface area contributed by atoms with Gasteiger partial charge in [-0.05, 0) is 13.8 Å². The van der Waals surface area contributed by atoms with Crippen LogP contribution in [0.3, 0.4) is 0 Å². The van der Waals surface area contributed by atoms with E-state index in [1.807, 2.05) is 13.8 Å². The van der Waals surface area contributed by atoms with Crippen molar-refractivity contribution in [3.63, 3.8) is 0 Å². The fourth-order valence-electron chi connectivity index (χ4n) is 1.76. The number of anilines is 1. The summed E-state index contributed by atoms with van der Waals surface area (Å²) >= 11 is 0. The van der Waals surface area contributed by atoms with Gasteiger partial charge in [-0.25, -0.2) is 0 Å². The zero-order valence-electron chi connectivity index (χ0n) is 11.7. The molecule has 106 valence electrons. The standard InChI is InChI=1S/C13H21N3O3/c1-4-18-6-5-16-11(8-14)7-12(15)13(16)19-10(2)9-17-3/h7,10H,4-6,9,15H2,1-3H3/t10-/m0/s1. The fraction of sp³-hybridized carbons (Fsp3) is 0.615. The minimum Gasteiger partial charge on any atom is -0.472 e. The molecule has 0 aliphatic carbocycles. The van der Waals surface area contributed by atoms with Gasteiger partial charge in [0.25, 0.3) is 0 Å². The summed E-state index contributed by atoms with van der Waals surface area (Å²) in [4.78, 5) is 0. The number of nitrogen functional groups attached to an aromatic ring is 1. The summed E-state index contributed by atoms with van der Waals surface area (Å²) in [5.74, 6) is 0.501. The molecule has 0 saturated heterocycles. The molecule has 6 nitrogen and oxygen atoms in total. The largest absolute Gasteiger partial charge is 0.472 e. The van der Waals surface area contributed by atoms with Crippen molar-refractivity contribution in [2.24, 2.45) is 0 Å². The molecule has 2 N–H and O–H groups in total. The molecule has 6 heteroatoms. The summed E-state index contributed by atoms with van der Waals surface area (Å²) in [6.45, 7) is 5.94. The van der Waals surface area contributed by atoms with Gasteiger partial charge in [-0.1, -0.05) is 0 Å². The van der Waals surface area contributed by atoms with E-state index in [9.17, 15) is 0 Å². The third kappa shape index (κ3) is 4.16. The van der Waals surface area contributed by atoms with Crippen LogP contribution in [0.1, 0.15) is 19.5 Å². The van der Waals surface area contributed by atoms with E-state index in [0.717, 1.165) is 0 Å². The lowest BCUT2D eigenvalue weighted by Crippen LogP contribution is -2.21. The predicted molar refractivity (Wildman–Crippen MR) is 72.0 cm³/mol. The fourth-order valence-corrected chi connectivity index (χ4v) is 1.76. The second-order valence-electron chi connectivity index (χ2n) is 4.13. The first-order valence-corrected chi connectivity index (χ1v) is 6.26. The van der Waals surface area contributed by atoms with Gasteiger partial charge in [-0.2, -0.15) is 5.26 Å². The van der Waals surface area contributed by atoms with Gasteiger partial charge in [0, 0.05) is 19.8 Å². The molecule has 0 aliphatic rings. The van der Waals surface area contributed by atoms with Gasteiger partial charge in [0.15, 0.2) is 0 Å². The number of nitriles is 1. The third-order valence-electron chi connectivity index (χ3n) is 2.57. The molecule has 1 rings (SSSR count). The highest BCUT2D eigenvalue weighted by Gasteiger charge is 2.16. The number of hydrogen-bond donors (Lipinski definition) is 1. The number of nitrogens with two attached hydrogens (primary N) is 1. The molecule has 0 radical (unpaired) electrons. The van der Waals surface area contributed by atoms with E-state index < -0.39 is 0 Å². The maximum absolute atomic E-state index is 9.10. The minimum absolute atomic E-state index is 0.139. The lowest BCUT2D eigenvalue weighted by atomic mass is 10.4. The number of nitrogens with zero attached hydrogens (tertiary/aromatic N) is 2. The summed E-state index contributed by atoms with van der Waals surface area (Å²) < 4.78 is 17.8. The summed E-state index contributed by atoms with van der Waals surface area (Å²) in [5, 5.41) is 9.10. The summed E-state index contributed by atoms with van der Waals surface area (Å²) in [5.41, 5.74) is 6.81. The van der Waals surface area contributed by atoms with Gasteiger partial charge in [0.2, 0.25) is 5.88 Å². The van der Waals surface area contributed by atoms with Crippen molar-refractivity contribution in [2.75, 3.05) is 32.7 Å². The monoisotopic (exact) mass is 267 g/mol. The van der Waals surface area contributed by atoms with E-state index in [1.54, 1.807) is 17.7 Å². The SMILES string of the molecule is CCOCCn1c(C#N)cc(N)c1O[C@@H](C)COC. The average molecular weight is 267 g/mol. The smallest absolute Gasteiger partial charge is 0.218 e. The predicted octanol–water partition coefficient (Wildman–Crippen LogP) is 1.39. The Hall–Kier alpha value is -1.71. The highest BCUT2D eigenvalue weighted by Crippen LogP contribution is 2.27. The number of rotatable bonds is 8. The van der Waals surface area contributed by atoms with E-state index in [-0.39, 0.29) is 6.10 Å². The van der Waals surface area contributed by atoms with Crippen LogP contribution in [0.15, 0.2) is 6.07 Å². The van der Waals surface area contributed by atoms with Crippen LogP contribution in [0, 0.1) is 11.3 Å². The van der Waals surface area contributed by atoms with Gasteiger partial charge >= 0.3 is 0 Å². The Morgan fingerprint density at radius 2 is 2.26 bits per heavy atom. The molecular weight excluding hydrogens is 246 g/mol.